The van der Waals surface area contributed by atoms with E-state index in [0.717, 1.165) is 23.9 Å². The van der Waals surface area contributed by atoms with E-state index in [1.54, 1.807) is 32.9 Å². The number of hydrogen-bond acceptors (Lipinski definition) is 5. The summed E-state index contributed by atoms with van der Waals surface area (Å²) >= 11 is 0. The zero-order valence-corrected chi connectivity index (χ0v) is 20.8. The standard InChI is InChI=1S/C24H29F3N2O5S/c1-6-10-29-16(4)12-20(17(29)5)22(30)14-34-23(31)21(11-15(2)3)28-35(32,33)19-9-7-8-18(13-19)24(25,26)27/h6-9,12-13,15,21,28H,1,10-11,14H2,2-5H3/t21-/m1/s1. The van der Waals surface area contributed by atoms with E-state index in [0.29, 0.717) is 23.9 Å². The maximum atomic E-state index is 13.0. The lowest BCUT2D eigenvalue weighted by atomic mass is 10.0. The first-order valence-corrected chi connectivity index (χ1v) is 12.3. The van der Waals surface area contributed by atoms with E-state index < -0.39 is 51.1 Å². The highest BCUT2D eigenvalue weighted by molar-refractivity contribution is 7.89. The minimum Gasteiger partial charge on any atom is -0.456 e. The Hall–Kier alpha value is -2.92. The van der Waals surface area contributed by atoms with Gasteiger partial charge in [0.1, 0.15) is 6.04 Å². The Kier molecular flexibility index (Phi) is 9.07. The minimum atomic E-state index is -4.73. The molecule has 0 aliphatic rings. The van der Waals surface area contributed by atoms with Gasteiger partial charge in [-0.3, -0.25) is 9.59 Å². The lowest BCUT2D eigenvalue weighted by Gasteiger charge is -2.19. The number of rotatable bonds is 11. The first-order valence-electron chi connectivity index (χ1n) is 10.8. The molecule has 1 aromatic carbocycles. The predicted molar refractivity (Wildman–Crippen MR) is 124 cm³/mol. The number of halogens is 3. The molecule has 0 saturated heterocycles. The van der Waals surface area contributed by atoms with E-state index in [-0.39, 0.29) is 12.3 Å². The average molecular weight is 515 g/mol. The number of benzene rings is 1. The third-order valence-electron chi connectivity index (χ3n) is 5.29. The molecule has 1 heterocycles. The molecule has 1 aromatic heterocycles. The molecule has 2 rings (SSSR count). The lowest BCUT2D eigenvalue weighted by Crippen LogP contribution is -2.43. The summed E-state index contributed by atoms with van der Waals surface area (Å²) in [7, 11) is -4.49. The molecule has 7 nitrogen and oxygen atoms in total. The quantitative estimate of drug-likeness (QED) is 0.272. The number of Topliss-reactive ketones (excluding diaryl/α,β-unsaturated/α-hetero) is 1. The van der Waals surface area contributed by atoms with Crippen LogP contribution in [0.15, 0.2) is 47.9 Å². The smallest absolute Gasteiger partial charge is 0.416 e. The number of carbonyl (C=O) groups is 2. The van der Waals surface area contributed by atoms with Gasteiger partial charge in [0.05, 0.1) is 10.5 Å². The lowest BCUT2D eigenvalue weighted by molar-refractivity contribution is -0.145. The van der Waals surface area contributed by atoms with E-state index >= 15 is 0 Å². The third-order valence-corrected chi connectivity index (χ3v) is 6.76. The zero-order valence-electron chi connectivity index (χ0n) is 20.0. The molecule has 192 valence electrons. The van der Waals surface area contributed by atoms with Crippen LogP contribution in [0.3, 0.4) is 0 Å². The molecule has 0 amide bonds. The Bertz CT molecular complexity index is 1200. The molecule has 0 unspecified atom stereocenters. The number of aromatic nitrogens is 1. The molecule has 0 bridgehead atoms. The Morgan fingerprint density at radius 3 is 2.43 bits per heavy atom. The predicted octanol–water partition coefficient (Wildman–Crippen LogP) is 4.43. The van der Waals surface area contributed by atoms with Gasteiger partial charge < -0.3 is 9.30 Å². The van der Waals surface area contributed by atoms with E-state index in [4.69, 9.17) is 4.74 Å². The first-order chi connectivity index (χ1) is 16.2. The van der Waals surface area contributed by atoms with Crippen LogP contribution < -0.4 is 4.72 Å². The van der Waals surface area contributed by atoms with Crippen LogP contribution in [0.4, 0.5) is 13.2 Å². The second-order valence-corrected chi connectivity index (χ2v) is 10.3. The number of ketones is 1. The van der Waals surface area contributed by atoms with Gasteiger partial charge in [-0.1, -0.05) is 26.0 Å². The Morgan fingerprint density at radius 1 is 1.20 bits per heavy atom. The average Bonchev–Trinajstić information content (AvgIpc) is 3.04. The van der Waals surface area contributed by atoms with E-state index in [2.05, 4.69) is 11.3 Å². The second kappa shape index (κ2) is 11.2. The summed E-state index contributed by atoms with van der Waals surface area (Å²) in [6, 6.07) is 3.47. The summed E-state index contributed by atoms with van der Waals surface area (Å²) in [5.74, 6) is -1.63. The highest BCUT2D eigenvalue weighted by Crippen LogP contribution is 2.30. The molecular weight excluding hydrogens is 485 g/mol. The van der Waals surface area contributed by atoms with Gasteiger partial charge in [-0.05, 0) is 50.5 Å². The van der Waals surface area contributed by atoms with Gasteiger partial charge in [-0.15, -0.1) is 6.58 Å². The SMILES string of the molecule is C=CCn1c(C)cc(C(=O)COC(=O)[C@@H](CC(C)C)NS(=O)(=O)c2cccc(C(F)(F)F)c2)c1C. The van der Waals surface area contributed by atoms with Crippen molar-refractivity contribution < 1.29 is 35.9 Å². The molecule has 2 aromatic rings. The number of carbonyl (C=O) groups excluding carboxylic acids is 2. The van der Waals surface area contributed by atoms with Crippen LogP contribution in [0.25, 0.3) is 0 Å². The number of esters is 1. The number of aryl methyl sites for hydroxylation is 1. The minimum absolute atomic E-state index is 0.0130. The number of nitrogens with zero attached hydrogens (tertiary/aromatic N) is 1. The molecule has 0 aliphatic carbocycles. The van der Waals surface area contributed by atoms with Gasteiger partial charge in [-0.25, -0.2) is 8.42 Å². The monoisotopic (exact) mass is 514 g/mol. The van der Waals surface area contributed by atoms with Crippen molar-refractivity contribution in [2.45, 2.75) is 57.8 Å². The molecular formula is C24H29F3N2O5S. The Balaban J connectivity index is 2.19. The molecule has 0 saturated carbocycles. The van der Waals surface area contributed by atoms with Crippen molar-refractivity contribution in [3.05, 3.63) is 65.5 Å². The summed E-state index contributed by atoms with van der Waals surface area (Å²) in [6.07, 6.45) is -3.04. The Labute approximate surface area is 203 Å². The van der Waals surface area contributed by atoms with Crippen LogP contribution in [0.1, 0.15) is 47.6 Å². The van der Waals surface area contributed by atoms with E-state index in [1.165, 1.54) is 0 Å². The normalized spacial score (nSPS) is 13.0. The number of alkyl halides is 3. The highest BCUT2D eigenvalue weighted by Gasteiger charge is 2.33. The fraction of sp³-hybridized carbons (Fsp3) is 0.417. The number of hydrogen-bond donors (Lipinski definition) is 1. The van der Waals surface area contributed by atoms with Gasteiger partial charge in [-0.2, -0.15) is 17.9 Å². The zero-order chi connectivity index (χ0) is 26.6. The van der Waals surface area contributed by atoms with Crippen molar-refractivity contribution in [3.63, 3.8) is 0 Å². The maximum Gasteiger partial charge on any atom is 0.416 e. The van der Waals surface area contributed by atoms with Crippen LogP contribution >= 0.6 is 0 Å². The fourth-order valence-corrected chi connectivity index (χ4v) is 4.81. The van der Waals surface area contributed by atoms with Crippen LogP contribution in [0, 0.1) is 19.8 Å². The molecule has 1 N–H and O–H groups in total. The Morgan fingerprint density at radius 2 is 1.86 bits per heavy atom. The summed E-state index contributed by atoms with van der Waals surface area (Å²) < 4.78 is 73.6. The van der Waals surface area contributed by atoms with Crippen molar-refractivity contribution in [2.75, 3.05) is 6.61 Å². The van der Waals surface area contributed by atoms with Crippen LogP contribution in [0.2, 0.25) is 0 Å². The van der Waals surface area contributed by atoms with Crippen LogP contribution in [-0.2, 0) is 32.3 Å². The summed E-state index contributed by atoms with van der Waals surface area (Å²) in [5.41, 5.74) is 0.723. The summed E-state index contributed by atoms with van der Waals surface area (Å²) in [6.45, 7) is 10.6. The highest BCUT2D eigenvalue weighted by atomic mass is 32.2. The van der Waals surface area contributed by atoms with Gasteiger partial charge >= 0.3 is 12.1 Å². The van der Waals surface area contributed by atoms with Crippen molar-refractivity contribution in [2.24, 2.45) is 5.92 Å². The number of ether oxygens (including phenoxy) is 1. The number of allylic oxidation sites excluding steroid dienone is 1. The van der Waals surface area contributed by atoms with Crippen LogP contribution in [0.5, 0.6) is 0 Å². The second-order valence-electron chi connectivity index (χ2n) is 8.54. The van der Waals surface area contributed by atoms with Gasteiger partial charge in [0.25, 0.3) is 0 Å². The summed E-state index contributed by atoms with van der Waals surface area (Å²) in [5, 5.41) is 0. The molecule has 11 heteroatoms. The number of sulfonamides is 1. The maximum absolute atomic E-state index is 13.0. The molecule has 35 heavy (non-hydrogen) atoms. The van der Waals surface area contributed by atoms with Crippen molar-refractivity contribution in [3.8, 4) is 0 Å². The van der Waals surface area contributed by atoms with Crippen molar-refractivity contribution in [1.82, 2.24) is 9.29 Å². The topological polar surface area (TPSA) is 94.5 Å². The molecule has 0 spiro atoms. The molecule has 0 aliphatic heterocycles. The molecule has 0 fully saturated rings. The largest absolute Gasteiger partial charge is 0.456 e. The third kappa shape index (κ3) is 7.28. The van der Waals surface area contributed by atoms with Gasteiger partial charge in [0.2, 0.25) is 15.8 Å². The van der Waals surface area contributed by atoms with Crippen LogP contribution in [-0.4, -0.2) is 37.4 Å². The summed E-state index contributed by atoms with van der Waals surface area (Å²) in [4.78, 5) is 24.7. The van der Waals surface area contributed by atoms with E-state index in [1.807, 2.05) is 11.5 Å². The fourth-order valence-electron chi connectivity index (χ4n) is 3.57. The molecule has 1 atom stereocenters. The number of nitrogens with one attached hydrogen (secondary N) is 1. The molecule has 0 radical (unpaired) electrons. The van der Waals surface area contributed by atoms with Crippen molar-refractivity contribution >= 4 is 21.8 Å². The van der Waals surface area contributed by atoms with Gasteiger partial charge in [0.15, 0.2) is 6.61 Å². The van der Waals surface area contributed by atoms with E-state index in [9.17, 15) is 31.2 Å². The van der Waals surface area contributed by atoms with Gasteiger partial charge in [0, 0.05) is 23.5 Å². The first kappa shape index (κ1) is 28.3. The van der Waals surface area contributed by atoms with Crippen molar-refractivity contribution in [1.29, 1.82) is 0 Å².